The molecule has 2 aliphatic rings. The predicted octanol–water partition coefficient (Wildman–Crippen LogP) is 2.49. The molecule has 2 amide bonds. The molecule has 0 unspecified atom stereocenters. The summed E-state index contributed by atoms with van der Waals surface area (Å²) in [5, 5.41) is 5.20. The highest BCUT2D eigenvalue weighted by atomic mass is 32.2. The Bertz CT molecular complexity index is 764. The van der Waals surface area contributed by atoms with E-state index >= 15 is 0 Å². The predicted molar refractivity (Wildman–Crippen MR) is 103 cm³/mol. The molecule has 1 atom stereocenters. The van der Waals surface area contributed by atoms with Crippen molar-refractivity contribution < 1.29 is 22.7 Å². The third-order valence-corrected chi connectivity index (χ3v) is 7.34. The van der Waals surface area contributed by atoms with Crippen molar-refractivity contribution >= 4 is 33.0 Å². The molecule has 148 valence electrons. The third-order valence-electron chi connectivity index (χ3n) is 5.08. The summed E-state index contributed by atoms with van der Waals surface area (Å²) in [5.74, 6) is -0.604. The van der Waals surface area contributed by atoms with Crippen molar-refractivity contribution in [2.24, 2.45) is 0 Å². The Kier molecular flexibility index (Phi) is 6.49. The van der Waals surface area contributed by atoms with Crippen LogP contribution in [0.15, 0.2) is 24.3 Å². The first-order chi connectivity index (χ1) is 12.9. The number of hydrogen-bond acceptors (Lipinski definition) is 5. The van der Waals surface area contributed by atoms with E-state index in [0.29, 0.717) is 30.8 Å². The monoisotopic (exact) mass is 394 g/mol. The van der Waals surface area contributed by atoms with Crippen molar-refractivity contribution in [1.29, 1.82) is 0 Å². The molecule has 0 aromatic heterocycles. The van der Waals surface area contributed by atoms with Crippen molar-refractivity contribution in [3.05, 3.63) is 24.3 Å². The first-order valence-electron chi connectivity index (χ1n) is 9.48. The number of sulfone groups is 1. The van der Waals surface area contributed by atoms with E-state index in [-0.39, 0.29) is 29.2 Å². The molecule has 0 radical (unpaired) electrons. The third kappa shape index (κ3) is 5.52. The lowest BCUT2D eigenvalue weighted by Gasteiger charge is -2.12. The van der Waals surface area contributed by atoms with Gasteiger partial charge in [0.25, 0.3) is 5.91 Å². The lowest BCUT2D eigenvalue weighted by molar-refractivity contribution is -0.124. The van der Waals surface area contributed by atoms with Crippen LogP contribution in [-0.4, -0.2) is 43.9 Å². The van der Waals surface area contributed by atoms with Gasteiger partial charge in [0.2, 0.25) is 5.91 Å². The minimum Gasteiger partial charge on any atom is -0.368 e. The van der Waals surface area contributed by atoms with Gasteiger partial charge in [0.05, 0.1) is 11.0 Å². The number of hydrogen-bond donors (Lipinski definition) is 2. The first kappa shape index (κ1) is 19.8. The average molecular weight is 394 g/mol. The van der Waals surface area contributed by atoms with Crippen LogP contribution in [0.3, 0.4) is 0 Å². The van der Waals surface area contributed by atoms with Gasteiger partial charge in [-0.3, -0.25) is 9.59 Å². The highest BCUT2D eigenvalue weighted by Crippen LogP contribution is 2.25. The molecule has 0 bridgehead atoms. The molecule has 1 aliphatic heterocycles. The Balaban J connectivity index is 1.46. The molecule has 1 heterocycles. The second kappa shape index (κ2) is 8.84. The van der Waals surface area contributed by atoms with Crippen LogP contribution in [0.25, 0.3) is 0 Å². The van der Waals surface area contributed by atoms with Crippen molar-refractivity contribution in [1.82, 2.24) is 0 Å². The molecular weight excluding hydrogens is 368 g/mol. The Morgan fingerprint density at radius 1 is 0.963 bits per heavy atom. The topological polar surface area (TPSA) is 102 Å². The fourth-order valence-electron chi connectivity index (χ4n) is 3.52. The summed E-state index contributed by atoms with van der Waals surface area (Å²) in [5.41, 5.74) is 1.19. The van der Waals surface area contributed by atoms with Gasteiger partial charge >= 0.3 is 0 Å². The summed E-state index contributed by atoms with van der Waals surface area (Å²) >= 11 is 0. The largest absolute Gasteiger partial charge is 0.368 e. The Hall–Kier alpha value is -1.93. The Labute approximate surface area is 159 Å². The number of carbonyl (C=O) groups is 2. The van der Waals surface area contributed by atoms with Crippen LogP contribution in [0.5, 0.6) is 0 Å². The molecule has 1 aliphatic carbocycles. The van der Waals surface area contributed by atoms with Crippen molar-refractivity contribution in [2.45, 2.75) is 56.3 Å². The molecular formula is C19H26N2O5S. The molecule has 1 aromatic rings. The maximum Gasteiger partial charge on any atom is 0.253 e. The highest BCUT2D eigenvalue weighted by Gasteiger charge is 2.29. The summed E-state index contributed by atoms with van der Waals surface area (Å²) in [6.07, 6.45) is 4.50. The molecule has 7 nitrogen and oxygen atoms in total. The number of amides is 2. The zero-order valence-corrected chi connectivity index (χ0v) is 16.1. The fourth-order valence-corrected chi connectivity index (χ4v) is 5.37. The van der Waals surface area contributed by atoms with Gasteiger partial charge < -0.3 is 15.4 Å². The van der Waals surface area contributed by atoms with Gasteiger partial charge in [0.15, 0.2) is 9.84 Å². The van der Waals surface area contributed by atoms with E-state index in [2.05, 4.69) is 10.6 Å². The molecule has 2 N–H and O–H groups in total. The van der Waals surface area contributed by atoms with E-state index in [1.807, 2.05) is 0 Å². The lowest BCUT2D eigenvalue weighted by atomic mass is 10.2. The maximum absolute atomic E-state index is 12.2. The number of ether oxygens (including phenoxy) is 1. The van der Waals surface area contributed by atoms with Gasteiger partial charge in [-0.1, -0.05) is 12.8 Å². The van der Waals surface area contributed by atoms with Crippen LogP contribution in [0.1, 0.15) is 44.9 Å². The van der Waals surface area contributed by atoms with Crippen molar-refractivity contribution in [2.75, 3.05) is 23.0 Å². The second-order valence-electron chi connectivity index (χ2n) is 7.14. The van der Waals surface area contributed by atoms with E-state index < -0.39 is 15.9 Å². The van der Waals surface area contributed by atoms with Crippen LogP contribution in [-0.2, 0) is 24.2 Å². The highest BCUT2D eigenvalue weighted by molar-refractivity contribution is 7.92. The van der Waals surface area contributed by atoms with Crippen LogP contribution >= 0.6 is 0 Å². The van der Waals surface area contributed by atoms with E-state index in [1.165, 1.54) is 0 Å². The van der Waals surface area contributed by atoms with E-state index in [4.69, 9.17) is 4.74 Å². The number of nitrogens with one attached hydrogen (secondary N) is 2. The summed E-state index contributed by atoms with van der Waals surface area (Å²) < 4.78 is 29.8. The van der Waals surface area contributed by atoms with Crippen molar-refractivity contribution in [3.63, 3.8) is 0 Å². The molecule has 1 saturated heterocycles. The maximum atomic E-state index is 12.2. The van der Waals surface area contributed by atoms with Gasteiger partial charge in [-0.15, -0.1) is 0 Å². The van der Waals surface area contributed by atoms with Gasteiger partial charge in [-0.25, -0.2) is 8.42 Å². The number of rotatable bonds is 7. The SMILES string of the molecule is O=C(CCS(=O)(=O)C1CCCC1)Nc1ccc(NC(=O)[C@H]2CCCO2)cc1. The van der Waals surface area contributed by atoms with E-state index in [9.17, 15) is 18.0 Å². The van der Waals surface area contributed by atoms with Gasteiger partial charge in [0.1, 0.15) is 6.10 Å². The number of benzene rings is 1. The van der Waals surface area contributed by atoms with E-state index in [1.54, 1.807) is 24.3 Å². The van der Waals surface area contributed by atoms with Gasteiger partial charge in [-0.05, 0) is 49.9 Å². The summed E-state index contributed by atoms with van der Waals surface area (Å²) in [4.78, 5) is 24.1. The molecule has 1 aromatic carbocycles. The lowest BCUT2D eigenvalue weighted by Crippen LogP contribution is -2.26. The standard InChI is InChI=1S/C19H26N2O5S/c22-18(11-13-27(24,25)16-4-1-2-5-16)20-14-7-9-15(10-8-14)21-19(23)17-6-3-12-26-17/h7-10,16-17H,1-6,11-13H2,(H,20,22)(H,21,23)/t17-/m1/s1. The molecule has 3 rings (SSSR count). The zero-order valence-electron chi connectivity index (χ0n) is 15.3. The smallest absolute Gasteiger partial charge is 0.253 e. The van der Waals surface area contributed by atoms with Crippen LogP contribution < -0.4 is 10.6 Å². The minimum absolute atomic E-state index is 0.0453. The fraction of sp³-hybridized carbons (Fsp3) is 0.579. The van der Waals surface area contributed by atoms with Crippen LogP contribution in [0.4, 0.5) is 11.4 Å². The zero-order chi connectivity index (χ0) is 19.3. The Morgan fingerprint density at radius 3 is 2.19 bits per heavy atom. The Morgan fingerprint density at radius 2 is 1.59 bits per heavy atom. The molecule has 8 heteroatoms. The molecule has 2 fully saturated rings. The summed E-state index contributed by atoms with van der Waals surface area (Å²) in [6.45, 7) is 0.611. The van der Waals surface area contributed by atoms with Gasteiger partial charge in [0, 0.05) is 24.4 Å². The minimum atomic E-state index is -3.20. The normalized spacial score (nSPS) is 20.5. The molecule has 1 saturated carbocycles. The molecule has 0 spiro atoms. The molecule has 27 heavy (non-hydrogen) atoms. The average Bonchev–Trinajstić information content (AvgIpc) is 3.35. The number of anilines is 2. The quantitative estimate of drug-likeness (QED) is 0.740. The number of carbonyl (C=O) groups excluding carboxylic acids is 2. The first-order valence-corrected chi connectivity index (χ1v) is 11.2. The van der Waals surface area contributed by atoms with Crippen molar-refractivity contribution in [3.8, 4) is 0 Å². The summed E-state index contributed by atoms with van der Waals surface area (Å²) in [6, 6.07) is 6.73. The second-order valence-corrected chi connectivity index (χ2v) is 9.54. The van der Waals surface area contributed by atoms with Gasteiger partial charge in [-0.2, -0.15) is 0 Å². The summed E-state index contributed by atoms with van der Waals surface area (Å²) in [7, 11) is -3.20. The van der Waals surface area contributed by atoms with Crippen LogP contribution in [0.2, 0.25) is 0 Å². The van der Waals surface area contributed by atoms with E-state index in [0.717, 1.165) is 25.7 Å². The van der Waals surface area contributed by atoms with Crippen LogP contribution in [0, 0.1) is 0 Å².